The second kappa shape index (κ2) is 6.93. The van der Waals surface area contributed by atoms with E-state index < -0.39 is 6.50 Å². The zero-order valence-corrected chi connectivity index (χ0v) is 14.6. The molecule has 0 spiro atoms. The summed E-state index contributed by atoms with van der Waals surface area (Å²) in [5, 5.41) is 0.357. The Labute approximate surface area is 159 Å². The summed E-state index contributed by atoms with van der Waals surface area (Å²) in [5.74, 6) is 0.252. The van der Waals surface area contributed by atoms with Crippen LogP contribution in [0.25, 0.3) is 4.85 Å². The third-order valence-electron chi connectivity index (χ3n) is 4.74. The van der Waals surface area contributed by atoms with Gasteiger partial charge in [-0.25, -0.2) is 14.8 Å². The van der Waals surface area contributed by atoms with Crippen LogP contribution >= 0.6 is 11.6 Å². The Balaban J connectivity index is 1.43. The average molecular weight is 371 g/mol. The first-order chi connectivity index (χ1) is 13.4. The zero-order valence-electron chi connectivity index (χ0n) is 15.9. The summed E-state index contributed by atoms with van der Waals surface area (Å²) in [7, 11) is 0. The van der Waals surface area contributed by atoms with Crippen molar-refractivity contribution in [2.24, 2.45) is 0 Å². The minimum atomic E-state index is -1.93. The van der Waals surface area contributed by atoms with Gasteiger partial charge in [0.25, 0.3) is 5.91 Å². The smallest absolute Gasteiger partial charge is 0.257 e. The zero-order chi connectivity index (χ0) is 19.9. The number of carbonyl (C=O) groups is 1. The van der Waals surface area contributed by atoms with E-state index in [1.165, 1.54) is 17.4 Å². The van der Waals surface area contributed by atoms with Gasteiger partial charge in [0, 0.05) is 12.2 Å². The van der Waals surface area contributed by atoms with E-state index >= 15 is 0 Å². The molecule has 1 amide bonds. The molecule has 4 rings (SSSR count). The summed E-state index contributed by atoms with van der Waals surface area (Å²) in [6.45, 7) is 5.10. The molecule has 0 unspecified atom stereocenters. The number of carbonyl (C=O) groups excluding carboxylic acids is 1. The first kappa shape index (κ1) is 14.5. The minimum absolute atomic E-state index is 0.0446. The molecule has 26 heavy (non-hydrogen) atoms. The van der Waals surface area contributed by atoms with Gasteiger partial charge in [-0.2, -0.15) is 0 Å². The average Bonchev–Trinajstić information content (AvgIpc) is 2.89. The highest BCUT2D eigenvalue weighted by Gasteiger charge is 2.36. The molecule has 2 heterocycles. The molecule has 1 aromatic carbocycles. The van der Waals surface area contributed by atoms with Crippen molar-refractivity contribution in [3.8, 4) is 5.75 Å². The van der Waals surface area contributed by atoms with Crippen molar-refractivity contribution >= 4 is 23.2 Å². The van der Waals surface area contributed by atoms with Crippen LogP contribution < -0.4 is 4.74 Å². The van der Waals surface area contributed by atoms with Gasteiger partial charge in [0.05, 0.1) is 38.2 Å². The van der Waals surface area contributed by atoms with Crippen molar-refractivity contribution in [1.82, 2.24) is 14.9 Å². The van der Waals surface area contributed by atoms with Crippen LogP contribution in [0.3, 0.4) is 0 Å². The molecule has 1 fully saturated rings. The normalized spacial score (nSPS) is 25.1. The number of hydrogen-bond acceptors (Lipinski definition) is 4. The highest BCUT2D eigenvalue weighted by Crippen LogP contribution is 2.33. The van der Waals surface area contributed by atoms with E-state index in [2.05, 4.69) is 14.8 Å². The molecule has 6 nitrogen and oxygen atoms in total. The van der Waals surface area contributed by atoms with Crippen LogP contribution in [0, 0.1) is 6.57 Å². The fourth-order valence-electron chi connectivity index (χ4n) is 3.39. The highest BCUT2D eigenvalue weighted by molar-refractivity contribution is 6.33. The number of ether oxygens (including phenoxy) is 1. The number of rotatable bonds is 3. The third-order valence-corrected chi connectivity index (χ3v) is 5.04. The van der Waals surface area contributed by atoms with Gasteiger partial charge in [0.2, 0.25) is 5.69 Å². The number of benzene rings is 1. The Morgan fingerprint density at radius 3 is 2.85 bits per heavy atom. The molecule has 2 aromatic rings. The molecule has 0 saturated heterocycles. The number of halogens is 1. The standard InChI is InChI=1S/C19H17ClN4O2/c1-21-17-7-6-14(8-16(17)20)26-13-4-2-12(3-5-13)24-10-18-15(19(24)25)9-22-11-23-18/h6-9,11-13H,2-5,10H2/i10D2. The van der Waals surface area contributed by atoms with Crippen molar-refractivity contribution in [3.05, 3.63) is 58.4 Å². The second-order valence-electron chi connectivity index (χ2n) is 6.35. The molecular formula is C19H17ClN4O2. The van der Waals surface area contributed by atoms with Crippen LogP contribution in [0.15, 0.2) is 30.7 Å². The van der Waals surface area contributed by atoms with E-state index in [-0.39, 0.29) is 29.3 Å². The van der Waals surface area contributed by atoms with Crippen LogP contribution in [-0.2, 0) is 6.50 Å². The highest BCUT2D eigenvalue weighted by atomic mass is 35.5. The monoisotopic (exact) mass is 370 g/mol. The van der Waals surface area contributed by atoms with Crippen LogP contribution in [0.4, 0.5) is 5.69 Å². The predicted octanol–water partition coefficient (Wildman–Crippen LogP) is 4.03. The maximum absolute atomic E-state index is 12.7. The summed E-state index contributed by atoms with van der Waals surface area (Å²) in [5.41, 5.74) is 0.760. The lowest BCUT2D eigenvalue weighted by atomic mass is 9.92. The third kappa shape index (κ3) is 3.11. The lowest BCUT2D eigenvalue weighted by Gasteiger charge is -2.34. The predicted molar refractivity (Wildman–Crippen MR) is 96.3 cm³/mol. The minimum Gasteiger partial charge on any atom is -0.490 e. The fourth-order valence-corrected chi connectivity index (χ4v) is 3.61. The fraction of sp³-hybridized carbons (Fsp3) is 0.368. The molecule has 0 radical (unpaired) electrons. The summed E-state index contributed by atoms with van der Waals surface area (Å²) in [6, 6.07) is 4.78. The SMILES string of the molecule is [2H]C1([2H])c2ncncc2C(=O)N1C1CCC(Oc2ccc([N+]#[C-])c(Cl)c2)CC1. The summed E-state index contributed by atoms with van der Waals surface area (Å²) < 4.78 is 22.8. The van der Waals surface area contributed by atoms with Gasteiger partial charge >= 0.3 is 0 Å². The van der Waals surface area contributed by atoms with Crippen molar-refractivity contribution in [2.75, 3.05) is 0 Å². The Hall–Kier alpha value is -2.65. The van der Waals surface area contributed by atoms with Gasteiger partial charge in [-0.1, -0.05) is 17.7 Å². The van der Waals surface area contributed by atoms with E-state index in [4.69, 9.17) is 25.7 Å². The van der Waals surface area contributed by atoms with Crippen LogP contribution in [0.2, 0.25) is 5.02 Å². The second-order valence-corrected chi connectivity index (χ2v) is 6.75. The maximum atomic E-state index is 12.7. The van der Waals surface area contributed by atoms with E-state index in [0.717, 1.165) is 0 Å². The maximum Gasteiger partial charge on any atom is 0.257 e. The van der Waals surface area contributed by atoms with Crippen LogP contribution in [0.5, 0.6) is 5.75 Å². The van der Waals surface area contributed by atoms with Gasteiger partial charge < -0.3 is 9.64 Å². The number of hydrogen-bond donors (Lipinski definition) is 0. The molecule has 2 aliphatic rings. The number of fused-ring (bicyclic) bond motifs is 1. The molecule has 1 saturated carbocycles. The van der Waals surface area contributed by atoms with Gasteiger partial charge in [-0.15, -0.1) is 0 Å². The molecule has 7 heteroatoms. The summed E-state index contributed by atoms with van der Waals surface area (Å²) >= 11 is 6.06. The lowest BCUT2D eigenvalue weighted by Crippen LogP contribution is -2.40. The summed E-state index contributed by atoms with van der Waals surface area (Å²) in [4.78, 5) is 25.2. The Bertz CT molecular complexity index is 971. The van der Waals surface area contributed by atoms with E-state index in [1.54, 1.807) is 18.2 Å². The molecule has 0 atom stereocenters. The van der Waals surface area contributed by atoms with E-state index in [1.807, 2.05) is 0 Å². The van der Waals surface area contributed by atoms with Gasteiger partial charge in [0.1, 0.15) is 12.1 Å². The van der Waals surface area contributed by atoms with Gasteiger partial charge in [0.15, 0.2) is 0 Å². The Morgan fingerprint density at radius 1 is 1.35 bits per heavy atom. The number of aromatic nitrogens is 2. The molecule has 0 bridgehead atoms. The van der Waals surface area contributed by atoms with Crippen molar-refractivity contribution < 1.29 is 12.3 Å². The number of amides is 1. The van der Waals surface area contributed by atoms with Crippen molar-refractivity contribution in [1.29, 1.82) is 0 Å². The van der Waals surface area contributed by atoms with Gasteiger partial charge in [-0.3, -0.25) is 4.79 Å². The van der Waals surface area contributed by atoms with Gasteiger partial charge in [-0.05, 0) is 37.8 Å². The van der Waals surface area contributed by atoms with E-state index in [9.17, 15) is 4.79 Å². The Kier molecular flexibility index (Phi) is 3.87. The molecule has 132 valence electrons. The first-order valence-corrected chi connectivity index (χ1v) is 8.77. The lowest BCUT2D eigenvalue weighted by molar-refractivity contribution is 0.0560. The Morgan fingerprint density at radius 2 is 2.15 bits per heavy atom. The summed E-state index contributed by atoms with van der Waals surface area (Å²) in [6.07, 6.45) is 5.24. The largest absolute Gasteiger partial charge is 0.490 e. The molecule has 1 aliphatic carbocycles. The van der Waals surface area contributed by atoms with Crippen molar-refractivity contribution in [2.45, 2.75) is 44.3 Å². The van der Waals surface area contributed by atoms with Crippen LogP contribution in [0.1, 0.15) is 44.5 Å². The first-order valence-electron chi connectivity index (χ1n) is 9.39. The molecular weight excluding hydrogens is 352 g/mol. The molecule has 1 aromatic heterocycles. The molecule has 0 N–H and O–H groups in total. The van der Waals surface area contributed by atoms with Crippen molar-refractivity contribution in [3.63, 3.8) is 0 Å². The quantitative estimate of drug-likeness (QED) is 0.765. The van der Waals surface area contributed by atoms with Crippen LogP contribution in [-0.4, -0.2) is 32.9 Å². The number of nitrogens with zero attached hydrogens (tertiary/aromatic N) is 4. The topological polar surface area (TPSA) is 59.7 Å². The molecule has 1 aliphatic heterocycles. The van der Waals surface area contributed by atoms with E-state index in [0.29, 0.717) is 42.1 Å².